The molecule has 3 nitrogen and oxygen atoms in total. The Labute approximate surface area is 124 Å². The molecule has 0 unspecified atom stereocenters. The number of amides is 1. The fourth-order valence-corrected chi connectivity index (χ4v) is 3.18. The first-order valence-corrected chi connectivity index (χ1v) is 7.29. The van der Waals surface area contributed by atoms with Crippen LogP contribution in [0, 0.1) is 0 Å². The number of rotatable bonds is 1. The minimum atomic E-state index is -0.00608. The molecule has 1 aliphatic carbocycles. The van der Waals surface area contributed by atoms with Crippen LogP contribution in [0.25, 0.3) is 5.70 Å². The Balaban J connectivity index is 1.89. The summed E-state index contributed by atoms with van der Waals surface area (Å²) in [6.45, 7) is 0. The van der Waals surface area contributed by atoms with Crippen LogP contribution in [0.5, 0.6) is 0 Å². The highest BCUT2D eigenvalue weighted by molar-refractivity contribution is 6.01. The van der Waals surface area contributed by atoms with Crippen molar-refractivity contribution < 1.29 is 4.79 Å². The monoisotopic (exact) mass is 276 g/mol. The first-order valence-electron chi connectivity index (χ1n) is 7.29. The van der Waals surface area contributed by atoms with E-state index in [4.69, 9.17) is 0 Å². The summed E-state index contributed by atoms with van der Waals surface area (Å²) >= 11 is 0. The average Bonchev–Trinajstić information content (AvgIpc) is 2.68. The first kappa shape index (κ1) is 12.2. The Morgan fingerprint density at radius 1 is 1.14 bits per heavy atom. The van der Waals surface area contributed by atoms with E-state index in [1.807, 2.05) is 24.4 Å². The number of hydrogen-bond acceptors (Lipinski definition) is 2. The van der Waals surface area contributed by atoms with Gasteiger partial charge in [0.2, 0.25) is 0 Å². The molecule has 0 aromatic heterocycles. The topological polar surface area (TPSA) is 32.3 Å². The molecule has 0 radical (unpaired) electrons. The van der Waals surface area contributed by atoms with Gasteiger partial charge in [0.1, 0.15) is 0 Å². The van der Waals surface area contributed by atoms with Crippen LogP contribution in [0.1, 0.15) is 24.8 Å². The highest BCUT2D eigenvalue weighted by Crippen LogP contribution is 2.39. The maximum Gasteiger partial charge on any atom is 0.257 e. The van der Waals surface area contributed by atoms with E-state index in [1.54, 1.807) is 0 Å². The van der Waals surface area contributed by atoms with Crippen molar-refractivity contribution in [2.45, 2.75) is 19.3 Å². The Morgan fingerprint density at radius 2 is 2.00 bits per heavy atom. The van der Waals surface area contributed by atoms with E-state index in [9.17, 15) is 4.79 Å². The van der Waals surface area contributed by atoms with Crippen molar-refractivity contribution in [2.24, 2.45) is 0 Å². The molecule has 0 saturated heterocycles. The summed E-state index contributed by atoms with van der Waals surface area (Å²) in [6, 6.07) is 10.2. The zero-order valence-corrected chi connectivity index (χ0v) is 11.7. The Morgan fingerprint density at radius 3 is 2.86 bits per heavy atom. The van der Waals surface area contributed by atoms with E-state index in [0.717, 1.165) is 41.8 Å². The summed E-state index contributed by atoms with van der Waals surface area (Å²) in [5.41, 5.74) is 5.35. The lowest BCUT2D eigenvalue weighted by Gasteiger charge is -2.32. The van der Waals surface area contributed by atoms with Crippen molar-refractivity contribution in [3.05, 3.63) is 77.3 Å². The summed E-state index contributed by atoms with van der Waals surface area (Å²) in [5.74, 6) is -0.00608. The molecule has 3 heteroatoms. The van der Waals surface area contributed by atoms with Crippen LogP contribution >= 0.6 is 0 Å². The second-order valence-corrected chi connectivity index (χ2v) is 5.44. The third kappa shape index (κ3) is 1.93. The summed E-state index contributed by atoms with van der Waals surface area (Å²) < 4.78 is 0. The van der Waals surface area contributed by atoms with Crippen LogP contribution < -0.4 is 5.32 Å². The number of benzene rings is 1. The predicted molar refractivity (Wildman–Crippen MR) is 82.5 cm³/mol. The molecule has 2 aliphatic heterocycles. The van der Waals surface area contributed by atoms with E-state index in [2.05, 4.69) is 40.7 Å². The molecule has 1 N–H and O–H groups in total. The lowest BCUT2D eigenvalue weighted by Crippen LogP contribution is -2.25. The van der Waals surface area contributed by atoms with Crippen molar-refractivity contribution in [3.8, 4) is 0 Å². The number of allylic oxidation sites excluding steroid dienone is 3. The highest BCUT2D eigenvalue weighted by atomic mass is 16.1. The molecular weight excluding hydrogens is 260 g/mol. The number of nitrogens with one attached hydrogen (secondary N) is 1. The molecule has 0 atom stereocenters. The molecule has 104 valence electrons. The number of hydrogen-bond donors (Lipinski definition) is 1. The quantitative estimate of drug-likeness (QED) is 0.853. The Hall–Kier alpha value is -2.55. The van der Waals surface area contributed by atoms with Gasteiger partial charge < -0.3 is 10.2 Å². The minimum Gasteiger partial charge on any atom is -0.326 e. The lowest BCUT2D eigenvalue weighted by molar-refractivity contribution is -0.116. The molecule has 2 heterocycles. The standard InChI is InChI=1S/C18H16N2O/c21-18-15-10-4-8-14-9-5-11-20(17(14)15)16(12-19-18)13-6-2-1-3-7-13/h1-3,5-7,10-12H,4,8-9H2,(H,19,21). The third-order valence-electron chi connectivity index (χ3n) is 4.16. The maximum atomic E-state index is 12.3. The molecular formula is C18H16N2O. The maximum absolute atomic E-state index is 12.3. The zero-order chi connectivity index (χ0) is 14.2. The van der Waals surface area contributed by atoms with E-state index in [-0.39, 0.29) is 5.91 Å². The van der Waals surface area contributed by atoms with Crippen molar-refractivity contribution in [1.29, 1.82) is 0 Å². The second kappa shape index (κ2) is 4.77. The van der Waals surface area contributed by atoms with Gasteiger partial charge in [-0.2, -0.15) is 0 Å². The van der Waals surface area contributed by atoms with Gasteiger partial charge in [-0.1, -0.05) is 42.5 Å². The molecule has 0 saturated carbocycles. The van der Waals surface area contributed by atoms with Crippen molar-refractivity contribution in [1.82, 2.24) is 10.2 Å². The van der Waals surface area contributed by atoms with Crippen molar-refractivity contribution in [3.63, 3.8) is 0 Å². The number of carbonyl (C=O) groups is 1. The Kier molecular flexibility index (Phi) is 2.78. The summed E-state index contributed by atoms with van der Waals surface area (Å²) in [6.07, 6.45) is 11.1. The van der Waals surface area contributed by atoms with Crippen LogP contribution in [0.3, 0.4) is 0 Å². The molecule has 0 fully saturated rings. The summed E-state index contributed by atoms with van der Waals surface area (Å²) in [5, 5.41) is 2.93. The summed E-state index contributed by atoms with van der Waals surface area (Å²) in [7, 11) is 0. The van der Waals surface area contributed by atoms with Gasteiger partial charge in [0, 0.05) is 12.4 Å². The molecule has 4 rings (SSSR count). The van der Waals surface area contributed by atoms with Gasteiger partial charge in [0.15, 0.2) is 0 Å². The minimum absolute atomic E-state index is 0.00608. The largest absolute Gasteiger partial charge is 0.326 e. The van der Waals surface area contributed by atoms with Crippen LogP contribution in [0.2, 0.25) is 0 Å². The fourth-order valence-electron chi connectivity index (χ4n) is 3.18. The van der Waals surface area contributed by atoms with Crippen molar-refractivity contribution in [2.75, 3.05) is 0 Å². The number of nitrogens with zero attached hydrogens (tertiary/aromatic N) is 1. The first-order chi connectivity index (χ1) is 10.3. The molecule has 1 aromatic carbocycles. The third-order valence-corrected chi connectivity index (χ3v) is 4.16. The van der Waals surface area contributed by atoms with E-state index in [1.165, 1.54) is 5.57 Å². The highest BCUT2D eigenvalue weighted by Gasteiger charge is 2.30. The van der Waals surface area contributed by atoms with Gasteiger partial charge >= 0.3 is 0 Å². The molecule has 1 amide bonds. The van der Waals surface area contributed by atoms with E-state index in [0.29, 0.717) is 0 Å². The molecule has 1 aromatic rings. The SMILES string of the molecule is O=C1NC=C(c2ccccc2)N2C=CCC3=C2C1=CCC3. The van der Waals surface area contributed by atoms with Crippen LogP contribution in [-0.2, 0) is 4.79 Å². The fraction of sp³-hybridized carbons (Fsp3) is 0.167. The number of carbonyl (C=O) groups excluding carboxylic acids is 1. The van der Waals surface area contributed by atoms with Gasteiger partial charge in [-0.05, 0) is 30.4 Å². The average molecular weight is 276 g/mol. The zero-order valence-electron chi connectivity index (χ0n) is 11.7. The van der Waals surface area contributed by atoms with Gasteiger partial charge in [-0.3, -0.25) is 4.79 Å². The van der Waals surface area contributed by atoms with Crippen LogP contribution in [0.15, 0.2) is 71.7 Å². The molecule has 0 spiro atoms. The predicted octanol–water partition coefficient (Wildman–Crippen LogP) is 3.31. The van der Waals surface area contributed by atoms with E-state index < -0.39 is 0 Å². The molecule has 0 bridgehead atoms. The summed E-state index contributed by atoms with van der Waals surface area (Å²) in [4.78, 5) is 14.5. The van der Waals surface area contributed by atoms with Crippen LogP contribution in [0.4, 0.5) is 0 Å². The second-order valence-electron chi connectivity index (χ2n) is 5.44. The van der Waals surface area contributed by atoms with Gasteiger partial charge in [0.05, 0.1) is 17.0 Å². The van der Waals surface area contributed by atoms with Crippen LogP contribution in [-0.4, -0.2) is 10.8 Å². The smallest absolute Gasteiger partial charge is 0.257 e. The van der Waals surface area contributed by atoms with Crippen molar-refractivity contribution >= 4 is 11.6 Å². The van der Waals surface area contributed by atoms with E-state index >= 15 is 0 Å². The normalized spacial score (nSPS) is 20.4. The molecule has 3 aliphatic rings. The Bertz CT molecular complexity index is 723. The lowest BCUT2D eigenvalue weighted by atomic mass is 9.90. The molecule has 21 heavy (non-hydrogen) atoms. The van der Waals surface area contributed by atoms with Gasteiger partial charge in [-0.15, -0.1) is 0 Å². The van der Waals surface area contributed by atoms with Gasteiger partial charge in [0.25, 0.3) is 5.91 Å². The van der Waals surface area contributed by atoms with Gasteiger partial charge in [-0.25, -0.2) is 0 Å².